The zero-order valence-corrected chi connectivity index (χ0v) is 18.5. The average Bonchev–Trinajstić information content (AvgIpc) is 2.82. The van der Waals surface area contributed by atoms with Crippen LogP contribution in [0.1, 0.15) is 50.5 Å². The summed E-state index contributed by atoms with van der Waals surface area (Å²) >= 11 is 0. The summed E-state index contributed by atoms with van der Waals surface area (Å²) in [5.41, 5.74) is 0.907. The molecule has 7 heteroatoms. The zero-order chi connectivity index (χ0) is 21.9. The lowest BCUT2D eigenvalue weighted by molar-refractivity contribution is -0.0421. The van der Waals surface area contributed by atoms with Crippen LogP contribution < -0.4 is 5.32 Å². The lowest BCUT2D eigenvalue weighted by Gasteiger charge is -2.33. The van der Waals surface area contributed by atoms with Crippen LogP contribution in [0.3, 0.4) is 0 Å². The van der Waals surface area contributed by atoms with Crippen molar-refractivity contribution in [2.24, 2.45) is 5.92 Å². The fourth-order valence-corrected chi connectivity index (χ4v) is 4.56. The molecule has 0 radical (unpaired) electrons. The number of ether oxygens (including phenoxy) is 2. The lowest BCUT2D eigenvalue weighted by atomic mass is 9.84. The first-order valence-electron chi connectivity index (χ1n) is 11.8. The number of β-amino-alcohol motifs (C(OH)–C–C–N with tert-alkyl or cyclic N) is 1. The van der Waals surface area contributed by atoms with Crippen LogP contribution in [0.2, 0.25) is 0 Å². The molecule has 1 aromatic carbocycles. The van der Waals surface area contributed by atoms with Gasteiger partial charge in [0.05, 0.1) is 25.4 Å². The third-order valence-corrected chi connectivity index (χ3v) is 6.48. The Morgan fingerprint density at radius 2 is 1.84 bits per heavy atom. The molecule has 2 fully saturated rings. The Hall–Kier alpha value is -1.67. The third-order valence-electron chi connectivity index (χ3n) is 6.48. The lowest BCUT2D eigenvalue weighted by Crippen LogP contribution is -2.53. The van der Waals surface area contributed by atoms with Crippen molar-refractivity contribution >= 4 is 6.09 Å². The quantitative estimate of drug-likeness (QED) is 0.525. The smallest absolute Gasteiger partial charge is 0.407 e. The number of aliphatic hydroxyl groups is 2. The SMILES string of the molecule is O=C(N[C@@H](CCC1CCCCC1)[C@@H](O)[C@@H](O)CN1CCOCC1)OCc1ccccc1. The van der Waals surface area contributed by atoms with Crippen LogP contribution in [0, 0.1) is 5.92 Å². The average molecular weight is 435 g/mol. The van der Waals surface area contributed by atoms with Gasteiger partial charge < -0.3 is 25.0 Å². The summed E-state index contributed by atoms with van der Waals surface area (Å²) in [6, 6.07) is 8.96. The van der Waals surface area contributed by atoms with E-state index in [0.29, 0.717) is 32.1 Å². The molecular formula is C24H38N2O5. The first-order valence-corrected chi connectivity index (χ1v) is 11.8. The normalized spacial score (nSPS) is 21.2. The van der Waals surface area contributed by atoms with Crippen LogP contribution >= 0.6 is 0 Å². The first-order chi connectivity index (χ1) is 15.1. The number of aliphatic hydroxyl groups excluding tert-OH is 2. The van der Waals surface area contributed by atoms with Gasteiger partial charge in [0, 0.05) is 19.6 Å². The van der Waals surface area contributed by atoms with Crippen molar-refractivity contribution in [1.29, 1.82) is 0 Å². The number of hydrogen-bond donors (Lipinski definition) is 3. The second-order valence-corrected chi connectivity index (χ2v) is 8.86. The number of carbonyl (C=O) groups is 1. The van der Waals surface area contributed by atoms with Gasteiger partial charge in [0.25, 0.3) is 0 Å². The van der Waals surface area contributed by atoms with Crippen LogP contribution in [0.4, 0.5) is 4.79 Å². The Balaban J connectivity index is 1.53. The highest BCUT2D eigenvalue weighted by Gasteiger charge is 2.30. The van der Waals surface area contributed by atoms with Crippen LogP contribution in [0.25, 0.3) is 0 Å². The predicted octanol–water partition coefficient (Wildman–Crippen LogP) is 2.70. The van der Waals surface area contributed by atoms with Gasteiger partial charge in [0.2, 0.25) is 0 Å². The molecule has 1 aliphatic carbocycles. The van der Waals surface area contributed by atoms with Crippen LogP contribution in [-0.2, 0) is 16.1 Å². The number of benzene rings is 1. The van der Waals surface area contributed by atoms with Crippen LogP contribution in [-0.4, -0.2) is 72.3 Å². The minimum absolute atomic E-state index is 0.175. The van der Waals surface area contributed by atoms with E-state index in [4.69, 9.17) is 9.47 Å². The molecule has 0 aromatic heterocycles. The molecule has 1 saturated heterocycles. The highest BCUT2D eigenvalue weighted by Crippen LogP contribution is 2.28. The summed E-state index contributed by atoms with van der Waals surface area (Å²) in [7, 11) is 0. The fraction of sp³-hybridized carbons (Fsp3) is 0.708. The zero-order valence-electron chi connectivity index (χ0n) is 18.5. The molecule has 174 valence electrons. The molecule has 1 heterocycles. The molecule has 31 heavy (non-hydrogen) atoms. The number of morpholine rings is 1. The predicted molar refractivity (Wildman–Crippen MR) is 119 cm³/mol. The summed E-state index contributed by atoms with van der Waals surface area (Å²) in [5.74, 6) is 0.627. The summed E-state index contributed by atoms with van der Waals surface area (Å²) in [6.45, 7) is 3.29. The van der Waals surface area contributed by atoms with E-state index in [1.165, 1.54) is 32.1 Å². The summed E-state index contributed by atoms with van der Waals surface area (Å²) in [6.07, 6.45) is 5.24. The maximum absolute atomic E-state index is 12.4. The second kappa shape index (κ2) is 13.0. The third kappa shape index (κ3) is 8.41. The Morgan fingerprint density at radius 3 is 2.55 bits per heavy atom. The first kappa shape index (κ1) is 24.0. The molecule has 1 amide bonds. The highest BCUT2D eigenvalue weighted by atomic mass is 16.5. The fourth-order valence-electron chi connectivity index (χ4n) is 4.56. The van der Waals surface area contributed by atoms with Gasteiger partial charge in [0.1, 0.15) is 12.7 Å². The van der Waals surface area contributed by atoms with Gasteiger partial charge in [-0.2, -0.15) is 0 Å². The highest BCUT2D eigenvalue weighted by molar-refractivity contribution is 5.67. The van der Waals surface area contributed by atoms with Crippen molar-refractivity contribution in [1.82, 2.24) is 10.2 Å². The molecule has 1 aromatic rings. The van der Waals surface area contributed by atoms with Crippen molar-refractivity contribution in [3.05, 3.63) is 35.9 Å². The number of nitrogens with zero attached hydrogens (tertiary/aromatic N) is 1. The van der Waals surface area contributed by atoms with Gasteiger partial charge >= 0.3 is 6.09 Å². The van der Waals surface area contributed by atoms with E-state index >= 15 is 0 Å². The Bertz CT molecular complexity index is 632. The minimum Gasteiger partial charge on any atom is -0.445 e. The van der Waals surface area contributed by atoms with Gasteiger partial charge in [-0.3, -0.25) is 4.90 Å². The van der Waals surface area contributed by atoms with E-state index in [-0.39, 0.29) is 6.61 Å². The van der Waals surface area contributed by atoms with Crippen molar-refractivity contribution in [2.75, 3.05) is 32.8 Å². The van der Waals surface area contributed by atoms with Crippen molar-refractivity contribution in [2.45, 2.75) is 69.8 Å². The molecule has 1 aliphatic heterocycles. The monoisotopic (exact) mass is 434 g/mol. The van der Waals surface area contributed by atoms with E-state index in [1.807, 2.05) is 30.3 Å². The number of carbonyl (C=O) groups excluding carboxylic acids is 1. The molecule has 3 rings (SSSR count). The Labute approximate surface area is 185 Å². The van der Waals surface area contributed by atoms with Gasteiger partial charge in [-0.15, -0.1) is 0 Å². The van der Waals surface area contributed by atoms with E-state index in [2.05, 4.69) is 10.2 Å². The maximum Gasteiger partial charge on any atom is 0.407 e. The summed E-state index contributed by atoms with van der Waals surface area (Å²) in [4.78, 5) is 14.5. The molecule has 2 aliphatic rings. The molecule has 3 N–H and O–H groups in total. The number of hydrogen-bond acceptors (Lipinski definition) is 6. The molecule has 1 saturated carbocycles. The van der Waals surface area contributed by atoms with E-state index in [9.17, 15) is 15.0 Å². The van der Waals surface area contributed by atoms with Crippen molar-refractivity contribution in [3.63, 3.8) is 0 Å². The molecule has 3 atom stereocenters. The van der Waals surface area contributed by atoms with Gasteiger partial charge in [-0.1, -0.05) is 62.4 Å². The molecular weight excluding hydrogens is 396 g/mol. The van der Waals surface area contributed by atoms with E-state index in [1.54, 1.807) is 0 Å². The topological polar surface area (TPSA) is 91.3 Å². The molecule has 7 nitrogen and oxygen atoms in total. The minimum atomic E-state index is -1.05. The van der Waals surface area contributed by atoms with Crippen LogP contribution in [0.5, 0.6) is 0 Å². The van der Waals surface area contributed by atoms with Crippen molar-refractivity contribution < 1.29 is 24.5 Å². The molecule has 0 bridgehead atoms. The van der Waals surface area contributed by atoms with E-state index in [0.717, 1.165) is 25.1 Å². The largest absolute Gasteiger partial charge is 0.445 e. The number of rotatable bonds is 10. The van der Waals surface area contributed by atoms with Gasteiger partial charge in [0.15, 0.2) is 0 Å². The van der Waals surface area contributed by atoms with Gasteiger partial charge in [-0.05, 0) is 24.3 Å². The Kier molecular flexibility index (Phi) is 10.1. The summed E-state index contributed by atoms with van der Waals surface area (Å²) in [5, 5.41) is 24.4. The van der Waals surface area contributed by atoms with E-state index < -0.39 is 24.3 Å². The van der Waals surface area contributed by atoms with Gasteiger partial charge in [-0.25, -0.2) is 4.79 Å². The number of alkyl carbamates (subject to hydrolysis) is 1. The second-order valence-electron chi connectivity index (χ2n) is 8.86. The molecule has 0 spiro atoms. The molecule has 0 unspecified atom stereocenters. The standard InChI is InChI=1S/C24H38N2O5/c27-22(17-26-13-15-30-16-14-26)23(28)21(12-11-19-7-3-1-4-8-19)25-24(29)31-18-20-9-5-2-6-10-20/h2,5-6,9-10,19,21-23,27-28H,1,3-4,7-8,11-18H2,(H,25,29)/t21-,22-,23+/m0/s1. The van der Waals surface area contributed by atoms with Crippen LogP contribution in [0.15, 0.2) is 30.3 Å². The number of amides is 1. The number of nitrogens with one attached hydrogen (secondary N) is 1. The summed E-state index contributed by atoms with van der Waals surface area (Å²) < 4.78 is 10.7. The van der Waals surface area contributed by atoms with Crippen molar-refractivity contribution in [3.8, 4) is 0 Å². The Morgan fingerprint density at radius 1 is 1.13 bits per heavy atom. The maximum atomic E-state index is 12.4.